The van der Waals surface area contributed by atoms with Gasteiger partial charge in [-0.2, -0.15) is 0 Å². The molecule has 1 aliphatic carbocycles. The lowest BCUT2D eigenvalue weighted by Crippen LogP contribution is -2.47. The lowest BCUT2D eigenvalue weighted by Gasteiger charge is -2.32. The quantitative estimate of drug-likeness (QED) is 0.687. The highest BCUT2D eigenvalue weighted by Gasteiger charge is 2.19. The molecule has 1 atom stereocenters. The average Bonchev–Trinajstić information content (AvgIpc) is 3.17. The highest BCUT2D eigenvalue weighted by Crippen LogP contribution is 2.25. The van der Waals surface area contributed by atoms with E-state index in [4.69, 9.17) is 0 Å². The molecule has 3 rings (SSSR count). The topological polar surface area (TPSA) is 53.5 Å². The number of likely N-dealkylation sites (tertiary alicyclic amines) is 1. The second-order valence-electron chi connectivity index (χ2n) is 7.96. The molecule has 4 N–H and O–H groups in total. The van der Waals surface area contributed by atoms with Crippen LogP contribution in [0, 0.1) is 5.92 Å². The number of allylic oxidation sites excluding steroid dienone is 1. The van der Waals surface area contributed by atoms with Gasteiger partial charge in [0, 0.05) is 40.2 Å². The van der Waals surface area contributed by atoms with E-state index in [2.05, 4.69) is 35.5 Å². The van der Waals surface area contributed by atoms with Gasteiger partial charge in [-0.05, 0) is 65.0 Å². The van der Waals surface area contributed by atoms with Crippen LogP contribution in [-0.2, 0) is 0 Å². The molecule has 4 nitrogen and oxygen atoms in total. The van der Waals surface area contributed by atoms with Gasteiger partial charge in [0.15, 0.2) is 0 Å². The number of rotatable bonds is 4. The third kappa shape index (κ3) is 11.3. The van der Waals surface area contributed by atoms with E-state index in [-0.39, 0.29) is 7.58 Å². The lowest BCUT2D eigenvalue weighted by atomic mass is 9.89. The van der Waals surface area contributed by atoms with E-state index in [1.807, 2.05) is 6.92 Å². The number of hydrogen-bond acceptors (Lipinski definition) is 4. The zero-order valence-electron chi connectivity index (χ0n) is 18.1. The second kappa shape index (κ2) is 16.7. The Balaban J connectivity index is 0. The first-order valence-electron chi connectivity index (χ1n) is 10.9. The summed E-state index contributed by atoms with van der Waals surface area (Å²) in [6.07, 6.45) is 13.4. The molecule has 0 aromatic carbocycles. The normalized spacial score (nSPS) is 22.9. The maximum absolute atomic E-state index is 3.36. The van der Waals surface area contributed by atoms with Crippen LogP contribution in [0.2, 0.25) is 0 Å². The maximum Gasteiger partial charge on any atom is 0.0110 e. The molecule has 2 heterocycles. The lowest BCUT2D eigenvalue weighted by molar-refractivity contribution is 0.180. The highest BCUT2D eigenvalue weighted by atomic mass is 15.2. The van der Waals surface area contributed by atoms with Crippen LogP contribution in [0.15, 0.2) is 12.7 Å². The van der Waals surface area contributed by atoms with Crippen LogP contribution in [-0.4, -0.2) is 61.7 Å². The van der Waals surface area contributed by atoms with Gasteiger partial charge in [-0.1, -0.05) is 32.3 Å². The van der Waals surface area contributed by atoms with Crippen molar-refractivity contribution >= 4 is 0 Å². The molecule has 3 fully saturated rings. The Morgan fingerprint density at radius 3 is 2.08 bits per heavy atom. The van der Waals surface area contributed by atoms with Gasteiger partial charge in [0.05, 0.1) is 0 Å². The van der Waals surface area contributed by atoms with Gasteiger partial charge in [0.1, 0.15) is 0 Å². The van der Waals surface area contributed by atoms with Gasteiger partial charge in [-0.3, -0.25) is 4.90 Å². The molecule has 3 aliphatic rings. The molecule has 1 saturated carbocycles. The minimum Gasteiger partial charge on any atom is -0.344 e. The second-order valence-corrected chi connectivity index (χ2v) is 7.96. The van der Waals surface area contributed by atoms with Crippen molar-refractivity contribution in [2.24, 2.45) is 5.92 Å². The van der Waals surface area contributed by atoms with E-state index < -0.39 is 0 Å². The molecular formula is C22H50N4. The Kier molecular flexibility index (Phi) is 16.5. The molecule has 0 aromatic heterocycles. The molecule has 0 radical (unpaired) electrons. The maximum atomic E-state index is 3.36. The van der Waals surface area contributed by atoms with Gasteiger partial charge in [-0.25, -0.2) is 0 Å². The summed E-state index contributed by atoms with van der Waals surface area (Å²) in [5.41, 5.74) is 0. The number of nitrogens with zero attached hydrogens (tertiary/aromatic N) is 2. The molecule has 4 heteroatoms. The monoisotopic (exact) mass is 370 g/mol. The van der Waals surface area contributed by atoms with E-state index >= 15 is 0 Å². The number of hydrogen-bond donors (Lipinski definition) is 2. The molecule has 0 spiro atoms. The molecule has 0 bridgehead atoms. The smallest absolute Gasteiger partial charge is 0.0110 e. The van der Waals surface area contributed by atoms with Crippen LogP contribution in [0.3, 0.4) is 0 Å². The summed E-state index contributed by atoms with van der Waals surface area (Å²) in [6, 6.07) is 0.780. The third-order valence-corrected chi connectivity index (χ3v) is 5.81. The predicted molar refractivity (Wildman–Crippen MR) is 119 cm³/mol. The van der Waals surface area contributed by atoms with Crippen molar-refractivity contribution < 1.29 is 1.43 Å². The van der Waals surface area contributed by atoms with Crippen LogP contribution in [0.5, 0.6) is 0 Å². The van der Waals surface area contributed by atoms with Crippen molar-refractivity contribution in [2.75, 3.05) is 45.8 Å². The van der Waals surface area contributed by atoms with E-state index in [9.17, 15) is 0 Å². The van der Waals surface area contributed by atoms with Crippen LogP contribution in [0.25, 0.3) is 0 Å². The predicted octanol–water partition coefficient (Wildman–Crippen LogP) is 4.95. The molecule has 26 heavy (non-hydrogen) atoms. The first-order chi connectivity index (χ1) is 12.2. The van der Waals surface area contributed by atoms with Crippen molar-refractivity contribution in [2.45, 2.75) is 78.2 Å². The van der Waals surface area contributed by atoms with Gasteiger partial charge >= 0.3 is 0 Å². The standard InChI is InChI=1S/C11H21N.C8H18N2.C3H6.H3N.H2/c1-2-6-11(7-3-1)10-12-8-4-5-9-12;1-3-8(2)10-6-4-9-5-7-10;1-3-2;;/h11H,1-10H2;8-9H,3-7H2,1-2H3;3H,1H2,2H3;1H3;1H. The Bertz CT molecular complexity index is 309. The molecule has 158 valence electrons. The van der Waals surface area contributed by atoms with Crippen LogP contribution in [0.1, 0.15) is 73.6 Å². The first kappa shape index (κ1) is 25.6. The van der Waals surface area contributed by atoms with Crippen molar-refractivity contribution in [3.05, 3.63) is 12.7 Å². The van der Waals surface area contributed by atoms with E-state index in [1.165, 1.54) is 97.2 Å². The summed E-state index contributed by atoms with van der Waals surface area (Å²) >= 11 is 0. The largest absolute Gasteiger partial charge is 0.344 e. The fourth-order valence-electron chi connectivity index (χ4n) is 4.08. The van der Waals surface area contributed by atoms with Gasteiger partial charge in [0.25, 0.3) is 0 Å². The van der Waals surface area contributed by atoms with Crippen molar-refractivity contribution in [1.29, 1.82) is 0 Å². The van der Waals surface area contributed by atoms with Crippen molar-refractivity contribution in [1.82, 2.24) is 21.3 Å². The van der Waals surface area contributed by atoms with Gasteiger partial charge < -0.3 is 16.4 Å². The van der Waals surface area contributed by atoms with E-state index in [1.54, 1.807) is 6.08 Å². The highest BCUT2D eigenvalue weighted by molar-refractivity contribution is 4.73. The molecule has 2 saturated heterocycles. The Morgan fingerprint density at radius 1 is 1.04 bits per heavy atom. The Hall–Kier alpha value is -0.420. The number of nitrogens with one attached hydrogen (secondary N) is 1. The van der Waals surface area contributed by atoms with Crippen LogP contribution in [0.4, 0.5) is 0 Å². The molecule has 1 unspecified atom stereocenters. The summed E-state index contributed by atoms with van der Waals surface area (Å²) in [7, 11) is 0. The summed E-state index contributed by atoms with van der Waals surface area (Å²) in [4.78, 5) is 5.23. The zero-order chi connectivity index (χ0) is 18.3. The summed E-state index contributed by atoms with van der Waals surface area (Å²) in [6.45, 7) is 18.8. The fourth-order valence-corrected chi connectivity index (χ4v) is 4.08. The minimum absolute atomic E-state index is 0. The zero-order valence-corrected chi connectivity index (χ0v) is 18.1. The molecule has 0 amide bonds. The fraction of sp³-hybridized carbons (Fsp3) is 0.909. The summed E-state index contributed by atoms with van der Waals surface area (Å²) < 4.78 is 0. The Labute approximate surface area is 165 Å². The summed E-state index contributed by atoms with van der Waals surface area (Å²) in [5.74, 6) is 1.05. The first-order valence-corrected chi connectivity index (χ1v) is 10.9. The third-order valence-electron chi connectivity index (χ3n) is 5.81. The van der Waals surface area contributed by atoms with Gasteiger partial charge in [-0.15, -0.1) is 6.58 Å². The average molecular weight is 371 g/mol. The molecule has 2 aliphatic heterocycles. The van der Waals surface area contributed by atoms with Crippen LogP contribution >= 0.6 is 0 Å². The van der Waals surface area contributed by atoms with Crippen molar-refractivity contribution in [3.63, 3.8) is 0 Å². The van der Waals surface area contributed by atoms with Gasteiger partial charge in [0.2, 0.25) is 0 Å². The summed E-state index contributed by atoms with van der Waals surface area (Å²) in [5, 5.41) is 3.35. The Morgan fingerprint density at radius 2 is 1.58 bits per heavy atom. The minimum atomic E-state index is 0. The van der Waals surface area contributed by atoms with E-state index in [0.717, 1.165) is 12.0 Å². The van der Waals surface area contributed by atoms with E-state index in [0.29, 0.717) is 0 Å². The molecule has 0 aromatic rings. The molecular weight excluding hydrogens is 320 g/mol. The van der Waals surface area contributed by atoms with Crippen LogP contribution < -0.4 is 11.5 Å². The van der Waals surface area contributed by atoms with Crippen molar-refractivity contribution in [3.8, 4) is 0 Å². The SMILES string of the molecule is C1CCC(CN2CCCC2)CC1.C=CC.CCC(C)N1CCNCC1.N.[HH]. The number of piperazine rings is 1.